The van der Waals surface area contributed by atoms with Gasteiger partial charge in [-0.3, -0.25) is 4.57 Å². The summed E-state index contributed by atoms with van der Waals surface area (Å²) in [7, 11) is 0. The lowest BCUT2D eigenvalue weighted by Crippen LogP contribution is -2.10. The molecule has 0 unspecified atom stereocenters. The molecule has 12 rings (SSSR count). The van der Waals surface area contributed by atoms with Crippen molar-refractivity contribution in [1.29, 1.82) is 0 Å². The average molecular weight is 734 g/mol. The number of rotatable bonds is 6. The van der Waals surface area contributed by atoms with Gasteiger partial charge in [0.2, 0.25) is 11.5 Å². The van der Waals surface area contributed by atoms with Crippen LogP contribution in [0.2, 0.25) is 0 Å². The SMILES string of the molecule is C1=CC(c2ccc(N(c3ccc(-n4c5ccccc5c5ccccc54)cc3)c3ccc4c(c3)n(-c3ccccc3)c3nc5c6ccccc6oc5n43)cc2)=CCC1. The highest BCUT2D eigenvalue weighted by molar-refractivity contribution is 6.09. The van der Waals surface area contributed by atoms with Gasteiger partial charge in [0.25, 0.3) is 0 Å². The van der Waals surface area contributed by atoms with Crippen LogP contribution < -0.4 is 4.90 Å². The number of fused-ring (bicyclic) bond motifs is 10. The summed E-state index contributed by atoms with van der Waals surface area (Å²) in [5.41, 5.74) is 14.7. The fourth-order valence-corrected chi connectivity index (χ4v) is 8.87. The predicted molar refractivity (Wildman–Crippen MR) is 235 cm³/mol. The molecular weight excluding hydrogens is 699 g/mol. The van der Waals surface area contributed by atoms with Crippen molar-refractivity contribution >= 4 is 83.5 Å². The smallest absolute Gasteiger partial charge is 0.234 e. The van der Waals surface area contributed by atoms with Crippen LogP contribution in [-0.4, -0.2) is 18.5 Å². The number of hydrogen-bond acceptors (Lipinski definition) is 3. The van der Waals surface area contributed by atoms with E-state index in [9.17, 15) is 0 Å². The van der Waals surface area contributed by atoms with Crippen LogP contribution in [0.25, 0.3) is 77.8 Å². The van der Waals surface area contributed by atoms with Crippen molar-refractivity contribution in [3.8, 4) is 11.4 Å². The Hall–Kier alpha value is -7.57. The highest BCUT2D eigenvalue weighted by atomic mass is 16.3. The monoisotopic (exact) mass is 733 g/mol. The Balaban J connectivity index is 1.06. The largest absolute Gasteiger partial charge is 0.437 e. The van der Waals surface area contributed by atoms with Crippen LogP contribution in [0.15, 0.2) is 193 Å². The average Bonchev–Trinajstić information content (AvgIpc) is 4.01. The molecule has 0 saturated carbocycles. The summed E-state index contributed by atoms with van der Waals surface area (Å²) in [4.78, 5) is 7.60. The lowest BCUT2D eigenvalue weighted by molar-refractivity contribution is 0.651. The van der Waals surface area contributed by atoms with E-state index in [-0.39, 0.29) is 0 Å². The van der Waals surface area contributed by atoms with Crippen LogP contribution in [0, 0.1) is 0 Å². The number of allylic oxidation sites excluding steroid dienone is 4. The molecule has 0 aliphatic heterocycles. The molecule has 0 saturated heterocycles. The number of nitrogens with zero attached hydrogens (tertiary/aromatic N) is 5. The number of furan rings is 1. The molecule has 0 amide bonds. The van der Waals surface area contributed by atoms with E-state index in [1.165, 1.54) is 32.9 Å². The van der Waals surface area contributed by atoms with Crippen molar-refractivity contribution in [2.45, 2.75) is 12.8 Å². The van der Waals surface area contributed by atoms with E-state index in [2.05, 4.69) is 188 Å². The Morgan fingerprint density at radius 3 is 1.86 bits per heavy atom. The van der Waals surface area contributed by atoms with Crippen molar-refractivity contribution in [3.05, 3.63) is 194 Å². The molecular formula is C51H35N5O. The second-order valence-electron chi connectivity index (χ2n) is 14.8. The summed E-state index contributed by atoms with van der Waals surface area (Å²) in [6.45, 7) is 0. The molecule has 6 heteroatoms. The van der Waals surface area contributed by atoms with E-state index in [1.54, 1.807) is 0 Å². The topological polar surface area (TPSA) is 43.5 Å². The third kappa shape index (κ3) is 4.87. The van der Waals surface area contributed by atoms with Crippen LogP contribution in [0.5, 0.6) is 0 Å². The quantitative estimate of drug-likeness (QED) is 0.171. The summed E-state index contributed by atoms with van der Waals surface area (Å²) in [6, 6.07) is 60.6. The normalized spacial score (nSPS) is 13.2. The van der Waals surface area contributed by atoms with Gasteiger partial charge in [0.05, 0.1) is 22.1 Å². The molecule has 0 fully saturated rings. The molecule has 0 radical (unpaired) electrons. The molecule has 7 aromatic carbocycles. The highest BCUT2D eigenvalue weighted by Gasteiger charge is 2.23. The number of anilines is 3. The van der Waals surface area contributed by atoms with Crippen molar-refractivity contribution in [2.75, 3.05) is 4.90 Å². The van der Waals surface area contributed by atoms with E-state index < -0.39 is 0 Å². The minimum absolute atomic E-state index is 0.748. The molecule has 11 aromatic rings. The number of hydrogen-bond donors (Lipinski definition) is 0. The van der Waals surface area contributed by atoms with E-state index in [0.29, 0.717) is 0 Å². The number of aromatic nitrogens is 4. The van der Waals surface area contributed by atoms with Gasteiger partial charge in [0.1, 0.15) is 11.1 Å². The Bertz CT molecular complexity index is 3340. The molecule has 1 aliphatic carbocycles. The summed E-state index contributed by atoms with van der Waals surface area (Å²) < 4.78 is 13.3. The molecule has 1 aliphatic rings. The lowest BCUT2D eigenvalue weighted by atomic mass is 9.99. The van der Waals surface area contributed by atoms with Gasteiger partial charge < -0.3 is 13.9 Å². The first-order valence-corrected chi connectivity index (χ1v) is 19.5. The molecule has 4 heterocycles. The molecule has 0 atom stereocenters. The summed E-state index contributed by atoms with van der Waals surface area (Å²) in [6.07, 6.45) is 9.01. The van der Waals surface area contributed by atoms with E-state index in [4.69, 9.17) is 9.40 Å². The van der Waals surface area contributed by atoms with Gasteiger partial charge >= 0.3 is 0 Å². The first kappa shape index (κ1) is 31.7. The molecule has 0 N–H and O–H groups in total. The van der Waals surface area contributed by atoms with Gasteiger partial charge in [0, 0.05) is 44.6 Å². The zero-order chi connectivity index (χ0) is 37.5. The Kier molecular flexibility index (Phi) is 6.95. The Morgan fingerprint density at radius 1 is 0.509 bits per heavy atom. The van der Waals surface area contributed by atoms with E-state index in [0.717, 1.165) is 80.3 Å². The van der Waals surface area contributed by atoms with E-state index >= 15 is 0 Å². The maximum atomic E-state index is 6.50. The van der Waals surface area contributed by atoms with Gasteiger partial charge in [-0.2, -0.15) is 0 Å². The Morgan fingerprint density at radius 2 is 1.14 bits per heavy atom. The number of imidazole rings is 2. The number of benzene rings is 7. The fraction of sp³-hybridized carbons (Fsp3) is 0.0392. The van der Waals surface area contributed by atoms with Gasteiger partial charge in [-0.05, 0) is 115 Å². The van der Waals surface area contributed by atoms with Gasteiger partial charge in [-0.25, -0.2) is 9.38 Å². The summed E-state index contributed by atoms with van der Waals surface area (Å²) in [5, 5.41) is 3.52. The van der Waals surface area contributed by atoms with Gasteiger partial charge in [-0.1, -0.05) is 97.1 Å². The molecule has 4 aromatic heterocycles. The van der Waals surface area contributed by atoms with Crippen molar-refractivity contribution in [2.24, 2.45) is 0 Å². The molecule has 57 heavy (non-hydrogen) atoms. The van der Waals surface area contributed by atoms with Crippen LogP contribution >= 0.6 is 0 Å². The summed E-state index contributed by atoms with van der Waals surface area (Å²) >= 11 is 0. The fourth-order valence-electron chi connectivity index (χ4n) is 8.87. The third-order valence-corrected chi connectivity index (χ3v) is 11.5. The minimum Gasteiger partial charge on any atom is -0.437 e. The molecule has 270 valence electrons. The second kappa shape index (κ2) is 12.5. The standard InChI is InChI=1S/C51H35N5O/c1-3-13-34(14-4-1)35-23-25-37(26-24-35)53(38-27-29-39(30-28-38)54-44-20-10-7-17-41(44)42-18-8-11-21-45(42)54)40-31-32-46-47(33-40)55(36-15-5-2-6-16-36)51-52-49-43-19-9-12-22-48(43)57-50(49)56(46)51/h2-3,5-33H,1,4H2. The highest BCUT2D eigenvalue weighted by Crippen LogP contribution is 2.41. The van der Waals surface area contributed by atoms with Gasteiger partial charge in [-0.15, -0.1) is 0 Å². The number of para-hydroxylation sites is 4. The first-order chi connectivity index (χ1) is 28.3. The maximum absolute atomic E-state index is 6.50. The van der Waals surface area contributed by atoms with Crippen molar-refractivity contribution in [3.63, 3.8) is 0 Å². The first-order valence-electron chi connectivity index (χ1n) is 19.5. The zero-order valence-electron chi connectivity index (χ0n) is 31.0. The molecule has 6 nitrogen and oxygen atoms in total. The van der Waals surface area contributed by atoms with Crippen molar-refractivity contribution < 1.29 is 4.42 Å². The van der Waals surface area contributed by atoms with Gasteiger partial charge in [0.15, 0.2) is 0 Å². The van der Waals surface area contributed by atoms with Crippen molar-refractivity contribution in [1.82, 2.24) is 18.5 Å². The Labute approximate surface area is 328 Å². The second-order valence-corrected chi connectivity index (χ2v) is 14.8. The molecule has 0 bridgehead atoms. The minimum atomic E-state index is 0.748. The van der Waals surface area contributed by atoms with Crippen LogP contribution in [0.4, 0.5) is 17.1 Å². The van der Waals surface area contributed by atoms with Crippen LogP contribution in [-0.2, 0) is 0 Å². The lowest BCUT2D eigenvalue weighted by Gasteiger charge is -2.26. The predicted octanol–water partition coefficient (Wildman–Crippen LogP) is 13.5. The van der Waals surface area contributed by atoms with Crippen LogP contribution in [0.1, 0.15) is 18.4 Å². The third-order valence-electron chi connectivity index (χ3n) is 11.5. The maximum Gasteiger partial charge on any atom is 0.234 e. The van der Waals surface area contributed by atoms with Crippen LogP contribution in [0.3, 0.4) is 0 Å². The van der Waals surface area contributed by atoms with E-state index in [1.807, 2.05) is 18.2 Å². The summed E-state index contributed by atoms with van der Waals surface area (Å²) in [5.74, 6) is 0.813. The zero-order valence-corrected chi connectivity index (χ0v) is 31.0. The molecule has 0 spiro atoms.